The van der Waals surface area contributed by atoms with Crippen LogP contribution in [0.5, 0.6) is 0 Å². The van der Waals surface area contributed by atoms with Crippen molar-refractivity contribution in [1.82, 2.24) is 0 Å². The van der Waals surface area contributed by atoms with Gasteiger partial charge in [0, 0.05) is 12.8 Å². The summed E-state index contributed by atoms with van der Waals surface area (Å²) >= 11 is -1.60. The van der Waals surface area contributed by atoms with Gasteiger partial charge in [0.2, 0.25) is 0 Å². The molecule has 5 nitrogen and oxygen atoms in total. The third-order valence-corrected chi connectivity index (χ3v) is 3.60. The normalized spacial score (nSPS) is 15.1. The summed E-state index contributed by atoms with van der Waals surface area (Å²) in [7, 11) is 0. The molecule has 0 saturated heterocycles. The molecule has 0 bridgehead atoms. The first-order chi connectivity index (χ1) is 7.99. The smallest absolute Gasteiger partial charge is 0.354 e. The second kappa shape index (κ2) is 6.21. The Morgan fingerprint density at radius 3 is 2.22 bits per heavy atom. The first-order valence-electron chi connectivity index (χ1n) is 5.59. The maximum absolute atomic E-state index is 11.8. The van der Waals surface area contributed by atoms with Gasteiger partial charge in [0.05, 0.1) is 6.07 Å². The summed E-state index contributed by atoms with van der Waals surface area (Å²) in [6, 6.07) is 2.01. The van der Waals surface area contributed by atoms with Gasteiger partial charge in [-0.15, -0.1) is 0 Å². The van der Waals surface area contributed by atoms with E-state index in [1.165, 1.54) is 0 Å². The molecule has 0 fully saturated rings. The Hall–Kier alpha value is -1.06. The zero-order valence-electron chi connectivity index (χ0n) is 11.5. The summed E-state index contributed by atoms with van der Waals surface area (Å²) in [5, 5.41) is 17.7. The highest BCUT2D eigenvalue weighted by molar-refractivity contribution is 7.91. The second-order valence-corrected chi connectivity index (χ2v) is 7.79. The number of hydrogen-bond donors (Lipinski definition) is 1. The van der Waals surface area contributed by atoms with Crippen molar-refractivity contribution in [1.29, 1.82) is 5.26 Å². The number of rotatable bonds is 5. The summed E-state index contributed by atoms with van der Waals surface area (Å²) in [4.78, 5) is 11.1. The van der Waals surface area contributed by atoms with E-state index in [2.05, 4.69) is 4.40 Å². The Labute approximate surface area is 111 Å². The van der Waals surface area contributed by atoms with Crippen molar-refractivity contribution >= 4 is 23.0 Å². The zero-order chi connectivity index (χ0) is 14.6. The molecule has 0 radical (unpaired) electrons. The van der Waals surface area contributed by atoms with Crippen LogP contribution >= 0.6 is 0 Å². The quantitative estimate of drug-likeness (QED) is 0.613. The maximum Gasteiger partial charge on any atom is 0.354 e. The lowest BCUT2D eigenvalue weighted by Gasteiger charge is -2.22. The molecule has 1 atom stereocenters. The summed E-state index contributed by atoms with van der Waals surface area (Å²) in [6.07, 6.45) is 0.346. The second-order valence-electron chi connectivity index (χ2n) is 5.88. The molecule has 1 N–H and O–H groups in total. The van der Waals surface area contributed by atoms with Gasteiger partial charge in [-0.05, 0) is 26.2 Å². The van der Waals surface area contributed by atoms with Gasteiger partial charge in [-0.2, -0.15) is 5.26 Å². The van der Waals surface area contributed by atoms with E-state index in [1.807, 2.05) is 6.07 Å². The first-order valence-corrected chi connectivity index (χ1v) is 6.70. The van der Waals surface area contributed by atoms with Gasteiger partial charge in [-0.3, -0.25) is 0 Å². The Kier molecular flexibility index (Phi) is 5.84. The van der Waals surface area contributed by atoms with Crippen LogP contribution in [0.15, 0.2) is 4.40 Å². The zero-order valence-corrected chi connectivity index (χ0v) is 12.3. The van der Waals surface area contributed by atoms with Gasteiger partial charge in [0.25, 0.3) is 0 Å². The van der Waals surface area contributed by atoms with Gasteiger partial charge >= 0.3 is 5.97 Å². The van der Waals surface area contributed by atoms with E-state index in [1.54, 1.807) is 34.6 Å². The molecule has 0 spiro atoms. The van der Waals surface area contributed by atoms with Crippen LogP contribution in [0.25, 0.3) is 0 Å². The van der Waals surface area contributed by atoms with Crippen LogP contribution in [0.3, 0.4) is 0 Å². The fourth-order valence-corrected chi connectivity index (χ4v) is 1.73. The largest absolute Gasteiger partial charge is 0.591 e. The molecule has 0 amide bonds. The van der Waals surface area contributed by atoms with E-state index >= 15 is 0 Å². The monoisotopic (exact) mass is 272 g/mol. The van der Waals surface area contributed by atoms with Crippen LogP contribution in [0.1, 0.15) is 47.5 Å². The minimum Gasteiger partial charge on any atom is -0.591 e. The summed E-state index contributed by atoms with van der Waals surface area (Å²) in [6.45, 7) is 8.76. The van der Waals surface area contributed by atoms with Crippen LogP contribution in [-0.4, -0.2) is 26.1 Å². The van der Waals surface area contributed by atoms with Crippen molar-refractivity contribution in [3.05, 3.63) is 0 Å². The Balaban J connectivity index is 5.07. The summed E-state index contributed by atoms with van der Waals surface area (Å²) in [5.74, 6) is -1.18. The third-order valence-electron chi connectivity index (χ3n) is 2.17. The lowest BCUT2D eigenvalue weighted by atomic mass is 9.84. The number of carbonyl (C=O) groups is 1. The molecule has 0 saturated carbocycles. The highest BCUT2D eigenvalue weighted by Crippen LogP contribution is 2.26. The lowest BCUT2D eigenvalue weighted by molar-refractivity contribution is -0.129. The molecule has 1 unspecified atom stereocenters. The van der Waals surface area contributed by atoms with Gasteiger partial charge in [0.15, 0.2) is 5.71 Å². The minimum absolute atomic E-state index is 0.123. The van der Waals surface area contributed by atoms with Crippen molar-refractivity contribution in [3.63, 3.8) is 0 Å². The van der Waals surface area contributed by atoms with Crippen molar-refractivity contribution in [2.45, 2.75) is 52.2 Å². The number of carboxylic acid groups (broad SMARTS) is 1. The van der Waals surface area contributed by atoms with Gasteiger partial charge in [-0.25, -0.2) is 4.79 Å². The van der Waals surface area contributed by atoms with E-state index in [0.29, 0.717) is 0 Å². The third kappa shape index (κ3) is 6.03. The molecular formula is C12H20N2O3S. The number of carboxylic acids is 1. The molecule has 0 aliphatic heterocycles. The predicted octanol–water partition coefficient (Wildman–Crippen LogP) is 2.30. The number of nitriles is 1. The highest BCUT2D eigenvalue weighted by atomic mass is 32.2. The van der Waals surface area contributed by atoms with E-state index in [4.69, 9.17) is 10.4 Å². The minimum atomic E-state index is -1.60. The first kappa shape index (κ1) is 16.9. The fourth-order valence-electron chi connectivity index (χ4n) is 1.11. The standard InChI is InChI=1S/C12H20N2O3S/c1-11(2,3)18(17)14-9(10(15)16)8-12(4,5)6-7-13/h6,8H2,1-5H3,(H,15,16)/b14-9+. The Morgan fingerprint density at radius 2 is 1.89 bits per heavy atom. The van der Waals surface area contributed by atoms with Crippen molar-refractivity contribution < 1.29 is 14.5 Å². The van der Waals surface area contributed by atoms with Crippen molar-refractivity contribution in [2.75, 3.05) is 0 Å². The fraction of sp³-hybridized carbons (Fsp3) is 0.750. The average Bonchev–Trinajstić information content (AvgIpc) is 2.14. The van der Waals surface area contributed by atoms with Crippen LogP contribution in [-0.2, 0) is 16.2 Å². The highest BCUT2D eigenvalue weighted by Gasteiger charge is 2.31. The summed E-state index contributed by atoms with van der Waals surface area (Å²) < 4.78 is 15.0. The number of aliphatic carboxylic acids is 1. The van der Waals surface area contributed by atoms with E-state index in [-0.39, 0.29) is 18.6 Å². The molecule has 18 heavy (non-hydrogen) atoms. The maximum atomic E-state index is 11.8. The molecule has 0 rings (SSSR count). The SMILES string of the molecule is CC(C)(CC#N)C/C(=N\[S+]([O-])C(C)(C)C)C(=O)O. The predicted molar refractivity (Wildman–Crippen MR) is 71.6 cm³/mol. The van der Waals surface area contributed by atoms with E-state index < -0.39 is 27.5 Å². The molecular weight excluding hydrogens is 252 g/mol. The average molecular weight is 272 g/mol. The van der Waals surface area contributed by atoms with Crippen LogP contribution < -0.4 is 0 Å². The molecule has 102 valence electrons. The molecule has 0 aliphatic rings. The van der Waals surface area contributed by atoms with Gasteiger partial charge in [0.1, 0.15) is 16.1 Å². The molecule has 6 heteroatoms. The molecule has 0 aromatic carbocycles. The Bertz CT molecular complexity index is 378. The molecule has 0 aliphatic carbocycles. The van der Waals surface area contributed by atoms with Crippen molar-refractivity contribution in [2.24, 2.45) is 9.81 Å². The van der Waals surface area contributed by atoms with Crippen molar-refractivity contribution in [3.8, 4) is 6.07 Å². The molecule has 0 aromatic rings. The number of nitrogens with zero attached hydrogens (tertiary/aromatic N) is 2. The van der Waals surface area contributed by atoms with E-state index in [0.717, 1.165) is 0 Å². The Morgan fingerprint density at radius 1 is 1.39 bits per heavy atom. The van der Waals surface area contributed by atoms with E-state index in [9.17, 15) is 9.35 Å². The van der Waals surface area contributed by atoms with Gasteiger partial charge < -0.3 is 9.66 Å². The van der Waals surface area contributed by atoms with Crippen LogP contribution in [0.2, 0.25) is 0 Å². The topological polar surface area (TPSA) is 96.5 Å². The molecule has 0 heterocycles. The van der Waals surface area contributed by atoms with Gasteiger partial charge in [-0.1, -0.05) is 18.2 Å². The lowest BCUT2D eigenvalue weighted by Crippen LogP contribution is -2.30. The number of hydrogen-bond acceptors (Lipinski definition) is 4. The summed E-state index contributed by atoms with van der Waals surface area (Å²) in [5.41, 5.74) is -0.628. The van der Waals surface area contributed by atoms with Crippen LogP contribution in [0, 0.1) is 16.7 Å². The molecule has 0 aromatic heterocycles. The van der Waals surface area contributed by atoms with Crippen LogP contribution in [0.4, 0.5) is 0 Å².